The molecule has 0 aliphatic rings. The molecule has 0 spiro atoms. The minimum absolute atomic E-state index is 0.566. The second-order valence-electron chi connectivity index (χ2n) is 3.23. The van der Waals surface area contributed by atoms with Crippen LogP contribution in [0.5, 0.6) is 0 Å². The number of aliphatic hydroxyl groups is 1. The number of rotatable bonds is 3. The fourth-order valence-electron chi connectivity index (χ4n) is 1.22. The molecular formula is C10H12ClNO3. The van der Waals surface area contributed by atoms with Crippen LogP contribution in [-0.4, -0.2) is 22.3 Å². The van der Waals surface area contributed by atoms with Crippen LogP contribution in [0.15, 0.2) is 24.3 Å². The van der Waals surface area contributed by atoms with E-state index >= 15 is 0 Å². The van der Waals surface area contributed by atoms with Crippen LogP contribution in [-0.2, 0) is 0 Å². The first-order valence-corrected chi connectivity index (χ1v) is 4.81. The lowest BCUT2D eigenvalue weighted by atomic mass is 10.0. The Morgan fingerprint density at radius 1 is 1.40 bits per heavy atom. The van der Waals surface area contributed by atoms with Crippen molar-refractivity contribution in [3.05, 3.63) is 34.9 Å². The van der Waals surface area contributed by atoms with Crippen molar-refractivity contribution in [3.8, 4) is 0 Å². The first-order chi connectivity index (χ1) is 7.00. The summed E-state index contributed by atoms with van der Waals surface area (Å²) in [4.78, 5) is 10.4. The van der Waals surface area contributed by atoms with Crippen molar-refractivity contribution in [2.45, 2.75) is 19.1 Å². The summed E-state index contributed by atoms with van der Waals surface area (Å²) >= 11 is 5.69. The van der Waals surface area contributed by atoms with Gasteiger partial charge in [-0.15, -0.1) is 0 Å². The molecule has 5 heteroatoms. The van der Waals surface area contributed by atoms with Crippen molar-refractivity contribution in [2.75, 3.05) is 0 Å². The fourth-order valence-corrected chi connectivity index (χ4v) is 1.35. The van der Waals surface area contributed by atoms with E-state index in [0.717, 1.165) is 0 Å². The van der Waals surface area contributed by atoms with Crippen molar-refractivity contribution in [2.24, 2.45) is 0 Å². The summed E-state index contributed by atoms with van der Waals surface area (Å²) in [5.74, 6) is 0. The molecule has 1 aromatic carbocycles. The van der Waals surface area contributed by atoms with Crippen LogP contribution in [0.1, 0.15) is 18.6 Å². The van der Waals surface area contributed by atoms with Crippen LogP contribution in [0, 0.1) is 0 Å². The molecule has 4 nitrogen and oxygen atoms in total. The Labute approximate surface area is 92.5 Å². The van der Waals surface area contributed by atoms with Gasteiger partial charge in [-0.3, -0.25) is 0 Å². The Morgan fingerprint density at radius 2 is 1.93 bits per heavy atom. The zero-order valence-electron chi connectivity index (χ0n) is 8.14. The van der Waals surface area contributed by atoms with Gasteiger partial charge in [-0.1, -0.05) is 23.7 Å². The summed E-state index contributed by atoms with van der Waals surface area (Å²) < 4.78 is 0. The third kappa shape index (κ3) is 3.42. The topological polar surface area (TPSA) is 69.6 Å². The van der Waals surface area contributed by atoms with Gasteiger partial charge >= 0.3 is 6.09 Å². The molecule has 0 aromatic heterocycles. The Morgan fingerprint density at radius 3 is 2.40 bits per heavy atom. The molecule has 0 heterocycles. The average molecular weight is 230 g/mol. The van der Waals surface area contributed by atoms with Gasteiger partial charge in [0.2, 0.25) is 0 Å². The molecule has 0 saturated carbocycles. The van der Waals surface area contributed by atoms with Crippen LogP contribution in [0.2, 0.25) is 5.02 Å². The molecule has 0 fully saturated rings. The summed E-state index contributed by atoms with van der Waals surface area (Å²) in [6, 6.07) is 6.05. The fraction of sp³-hybridized carbons (Fsp3) is 0.300. The summed E-state index contributed by atoms with van der Waals surface area (Å²) in [6.45, 7) is 1.59. The number of benzene rings is 1. The minimum atomic E-state index is -1.16. The SMILES string of the molecule is C[C@H](NC(=O)O)[C@@H](O)c1ccc(Cl)cc1. The molecule has 82 valence electrons. The molecule has 0 aliphatic carbocycles. The Balaban J connectivity index is 2.71. The van der Waals surface area contributed by atoms with Gasteiger partial charge in [0.15, 0.2) is 0 Å². The molecule has 3 N–H and O–H groups in total. The number of hydrogen-bond acceptors (Lipinski definition) is 2. The maximum Gasteiger partial charge on any atom is 0.404 e. The van der Waals surface area contributed by atoms with Gasteiger partial charge in [0.25, 0.3) is 0 Å². The molecule has 0 unspecified atom stereocenters. The summed E-state index contributed by atoms with van der Waals surface area (Å²) in [6.07, 6.45) is -2.03. The largest absolute Gasteiger partial charge is 0.465 e. The van der Waals surface area contributed by atoms with Crippen LogP contribution >= 0.6 is 11.6 Å². The van der Waals surface area contributed by atoms with E-state index in [1.54, 1.807) is 31.2 Å². The highest BCUT2D eigenvalue weighted by Gasteiger charge is 2.17. The van der Waals surface area contributed by atoms with Crippen LogP contribution in [0.25, 0.3) is 0 Å². The predicted octanol–water partition coefficient (Wildman–Crippen LogP) is 2.03. The van der Waals surface area contributed by atoms with Crippen molar-refractivity contribution in [1.29, 1.82) is 0 Å². The smallest absolute Gasteiger partial charge is 0.404 e. The highest BCUT2D eigenvalue weighted by Crippen LogP contribution is 2.19. The molecule has 0 aliphatic heterocycles. The number of amides is 1. The molecule has 1 rings (SSSR count). The normalized spacial score (nSPS) is 14.3. The molecule has 0 bridgehead atoms. The second kappa shape index (κ2) is 5.00. The van der Waals surface area contributed by atoms with E-state index in [9.17, 15) is 9.90 Å². The van der Waals surface area contributed by atoms with Gasteiger partial charge in [0, 0.05) is 5.02 Å². The first-order valence-electron chi connectivity index (χ1n) is 4.43. The molecule has 1 amide bonds. The number of aliphatic hydroxyl groups excluding tert-OH is 1. The molecule has 0 radical (unpaired) electrons. The van der Waals surface area contributed by atoms with Gasteiger partial charge in [0.05, 0.1) is 12.1 Å². The zero-order chi connectivity index (χ0) is 11.4. The quantitative estimate of drug-likeness (QED) is 0.743. The van der Waals surface area contributed by atoms with Gasteiger partial charge in [0.1, 0.15) is 0 Å². The molecule has 2 atom stereocenters. The van der Waals surface area contributed by atoms with E-state index in [1.165, 1.54) is 0 Å². The van der Waals surface area contributed by atoms with Gasteiger partial charge < -0.3 is 15.5 Å². The highest BCUT2D eigenvalue weighted by atomic mass is 35.5. The van der Waals surface area contributed by atoms with Crippen molar-refractivity contribution >= 4 is 17.7 Å². The lowest BCUT2D eigenvalue weighted by molar-refractivity contribution is 0.127. The van der Waals surface area contributed by atoms with E-state index < -0.39 is 18.2 Å². The van der Waals surface area contributed by atoms with E-state index in [-0.39, 0.29) is 0 Å². The van der Waals surface area contributed by atoms with E-state index in [1.807, 2.05) is 0 Å². The lowest BCUT2D eigenvalue weighted by Crippen LogP contribution is -2.35. The van der Waals surface area contributed by atoms with Crippen LogP contribution in [0.4, 0.5) is 4.79 Å². The van der Waals surface area contributed by atoms with Crippen molar-refractivity contribution in [3.63, 3.8) is 0 Å². The third-order valence-corrected chi connectivity index (χ3v) is 2.29. The van der Waals surface area contributed by atoms with E-state index in [0.29, 0.717) is 10.6 Å². The standard InChI is InChI=1S/C10H12ClNO3/c1-6(12-10(14)15)9(13)7-2-4-8(11)5-3-7/h2-6,9,12-13H,1H3,(H,14,15)/t6-,9+/m0/s1. The number of halogens is 1. The van der Waals surface area contributed by atoms with Crippen LogP contribution in [0.3, 0.4) is 0 Å². The molecule has 1 aromatic rings. The van der Waals surface area contributed by atoms with E-state index in [2.05, 4.69) is 5.32 Å². The Hall–Kier alpha value is -1.26. The monoisotopic (exact) mass is 229 g/mol. The molecule has 15 heavy (non-hydrogen) atoms. The Bertz CT molecular complexity index is 339. The van der Waals surface area contributed by atoms with Crippen LogP contribution < -0.4 is 5.32 Å². The van der Waals surface area contributed by atoms with E-state index in [4.69, 9.17) is 16.7 Å². The molecular weight excluding hydrogens is 218 g/mol. The first kappa shape index (κ1) is 11.8. The van der Waals surface area contributed by atoms with Crippen molar-refractivity contribution in [1.82, 2.24) is 5.32 Å². The van der Waals surface area contributed by atoms with Gasteiger partial charge in [-0.05, 0) is 24.6 Å². The highest BCUT2D eigenvalue weighted by molar-refractivity contribution is 6.30. The maximum atomic E-state index is 10.4. The average Bonchev–Trinajstić information content (AvgIpc) is 2.17. The number of carboxylic acid groups (broad SMARTS) is 1. The summed E-state index contributed by atoms with van der Waals surface area (Å²) in [7, 11) is 0. The summed E-state index contributed by atoms with van der Waals surface area (Å²) in [5, 5.41) is 21.0. The third-order valence-electron chi connectivity index (χ3n) is 2.04. The zero-order valence-corrected chi connectivity index (χ0v) is 8.90. The number of carbonyl (C=O) groups is 1. The predicted molar refractivity (Wildman–Crippen MR) is 57.0 cm³/mol. The number of hydrogen-bond donors (Lipinski definition) is 3. The maximum absolute atomic E-state index is 10.4. The van der Waals surface area contributed by atoms with Gasteiger partial charge in [-0.2, -0.15) is 0 Å². The van der Waals surface area contributed by atoms with Gasteiger partial charge in [-0.25, -0.2) is 4.79 Å². The lowest BCUT2D eigenvalue weighted by Gasteiger charge is -2.18. The van der Waals surface area contributed by atoms with Crippen molar-refractivity contribution < 1.29 is 15.0 Å². The Kier molecular flexibility index (Phi) is 3.94. The summed E-state index contributed by atoms with van der Waals surface area (Å²) in [5.41, 5.74) is 0.626. The molecule has 0 saturated heterocycles. The minimum Gasteiger partial charge on any atom is -0.465 e. The second-order valence-corrected chi connectivity index (χ2v) is 3.67. The number of nitrogens with one attached hydrogen (secondary N) is 1.